The molecule has 1 aromatic carbocycles. The maximum atomic E-state index is 5.14. The van der Waals surface area contributed by atoms with Crippen molar-refractivity contribution >= 4 is 0 Å². The molecule has 0 amide bonds. The van der Waals surface area contributed by atoms with Crippen LogP contribution in [0.3, 0.4) is 0 Å². The highest BCUT2D eigenvalue weighted by Gasteiger charge is 2.26. The molecule has 0 saturated heterocycles. The SMILES string of the molecule is COCCc1nc(C2CCC2)n(Cc2ccccc2C)n1. The Labute approximate surface area is 126 Å². The van der Waals surface area contributed by atoms with Gasteiger partial charge in [0.15, 0.2) is 5.82 Å². The topological polar surface area (TPSA) is 39.9 Å². The van der Waals surface area contributed by atoms with Crippen molar-refractivity contribution in [3.8, 4) is 0 Å². The van der Waals surface area contributed by atoms with Crippen LogP contribution >= 0.6 is 0 Å². The van der Waals surface area contributed by atoms with Gasteiger partial charge in [0.05, 0.1) is 13.2 Å². The maximum Gasteiger partial charge on any atom is 0.153 e. The molecule has 1 aliphatic rings. The van der Waals surface area contributed by atoms with Gasteiger partial charge in [0.1, 0.15) is 5.82 Å². The Hall–Kier alpha value is -1.68. The summed E-state index contributed by atoms with van der Waals surface area (Å²) in [4.78, 5) is 4.77. The minimum Gasteiger partial charge on any atom is -0.384 e. The Bertz CT molecular complexity index is 602. The molecular weight excluding hydrogens is 262 g/mol. The minimum absolute atomic E-state index is 0.595. The molecule has 21 heavy (non-hydrogen) atoms. The number of rotatable bonds is 6. The quantitative estimate of drug-likeness (QED) is 0.819. The van der Waals surface area contributed by atoms with E-state index in [0.29, 0.717) is 12.5 Å². The van der Waals surface area contributed by atoms with Crippen molar-refractivity contribution in [2.45, 2.75) is 45.1 Å². The number of aromatic nitrogens is 3. The summed E-state index contributed by atoms with van der Waals surface area (Å²) < 4.78 is 7.25. The summed E-state index contributed by atoms with van der Waals surface area (Å²) in [6.07, 6.45) is 4.60. The van der Waals surface area contributed by atoms with E-state index in [4.69, 9.17) is 14.8 Å². The van der Waals surface area contributed by atoms with Crippen molar-refractivity contribution in [3.63, 3.8) is 0 Å². The lowest BCUT2D eigenvalue weighted by atomic mass is 9.85. The van der Waals surface area contributed by atoms with E-state index >= 15 is 0 Å². The van der Waals surface area contributed by atoms with Crippen LogP contribution in [0.25, 0.3) is 0 Å². The van der Waals surface area contributed by atoms with Crippen molar-refractivity contribution in [1.29, 1.82) is 0 Å². The normalized spacial score (nSPS) is 15.1. The van der Waals surface area contributed by atoms with Crippen LogP contribution in [0.2, 0.25) is 0 Å². The van der Waals surface area contributed by atoms with Crippen LogP contribution in [0.4, 0.5) is 0 Å². The molecule has 112 valence electrons. The number of aryl methyl sites for hydroxylation is 1. The molecule has 4 nitrogen and oxygen atoms in total. The highest BCUT2D eigenvalue weighted by Crippen LogP contribution is 2.35. The smallest absolute Gasteiger partial charge is 0.153 e. The minimum atomic E-state index is 0.595. The van der Waals surface area contributed by atoms with Gasteiger partial charge in [0.25, 0.3) is 0 Å². The zero-order valence-corrected chi connectivity index (χ0v) is 12.9. The second-order valence-corrected chi connectivity index (χ2v) is 5.84. The van der Waals surface area contributed by atoms with Crippen LogP contribution in [0.1, 0.15) is 48.0 Å². The van der Waals surface area contributed by atoms with Crippen molar-refractivity contribution in [2.75, 3.05) is 13.7 Å². The van der Waals surface area contributed by atoms with E-state index in [-0.39, 0.29) is 0 Å². The Morgan fingerprint density at radius 2 is 2.10 bits per heavy atom. The molecule has 0 aliphatic heterocycles. The van der Waals surface area contributed by atoms with Gasteiger partial charge in [-0.15, -0.1) is 0 Å². The van der Waals surface area contributed by atoms with Gasteiger partial charge in [-0.3, -0.25) is 0 Å². The van der Waals surface area contributed by atoms with Crippen LogP contribution in [0.5, 0.6) is 0 Å². The molecule has 1 saturated carbocycles. The van der Waals surface area contributed by atoms with Crippen LogP contribution in [-0.2, 0) is 17.7 Å². The van der Waals surface area contributed by atoms with E-state index in [1.54, 1.807) is 7.11 Å². The van der Waals surface area contributed by atoms with Crippen molar-refractivity contribution < 1.29 is 4.74 Å². The van der Waals surface area contributed by atoms with Crippen LogP contribution in [0, 0.1) is 6.92 Å². The molecule has 0 spiro atoms. The van der Waals surface area contributed by atoms with E-state index in [1.807, 2.05) is 0 Å². The summed E-state index contributed by atoms with van der Waals surface area (Å²) in [7, 11) is 1.72. The van der Waals surface area contributed by atoms with Gasteiger partial charge in [-0.1, -0.05) is 30.7 Å². The van der Waals surface area contributed by atoms with Crippen LogP contribution in [-0.4, -0.2) is 28.5 Å². The van der Waals surface area contributed by atoms with Crippen molar-refractivity contribution in [3.05, 3.63) is 47.0 Å². The van der Waals surface area contributed by atoms with Gasteiger partial charge in [-0.05, 0) is 30.9 Å². The van der Waals surface area contributed by atoms with E-state index < -0.39 is 0 Å². The lowest BCUT2D eigenvalue weighted by Crippen LogP contribution is -2.17. The number of methoxy groups -OCH3 is 1. The Balaban J connectivity index is 1.85. The van der Waals surface area contributed by atoms with Gasteiger partial charge in [0.2, 0.25) is 0 Å². The predicted octanol–water partition coefficient (Wildman–Crippen LogP) is 3.09. The summed E-state index contributed by atoms with van der Waals surface area (Å²) in [5.41, 5.74) is 2.63. The second-order valence-electron chi connectivity index (χ2n) is 5.84. The molecular formula is C17H23N3O. The first kappa shape index (κ1) is 14.3. The summed E-state index contributed by atoms with van der Waals surface area (Å²) in [6.45, 7) is 3.65. The molecule has 1 aromatic heterocycles. The first-order valence-corrected chi connectivity index (χ1v) is 7.75. The van der Waals surface area contributed by atoms with Gasteiger partial charge >= 0.3 is 0 Å². The monoisotopic (exact) mass is 285 g/mol. The fraction of sp³-hybridized carbons (Fsp3) is 0.529. The molecule has 1 heterocycles. The molecule has 0 radical (unpaired) electrons. The Kier molecular flexibility index (Phi) is 4.34. The third kappa shape index (κ3) is 3.16. The van der Waals surface area contributed by atoms with Gasteiger partial charge in [-0.2, -0.15) is 5.10 Å². The number of hydrogen-bond acceptors (Lipinski definition) is 3. The maximum absolute atomic E-state index is 5.14. The molecule has 0 unspecified atom stereocenters. The van der Waals surface area contributed by atoms with Crippen molar-refractivity contribution in [2.24, 2.45) is 0 Å². The lowest BCUT2D eigenvalue weighted by Gasteiger charge is -2.24. The van der Waals surface area contributed by atoms with E-state index in [2.05, 4.69) is 35.9 Å². The number of ether oxygens (including phenoxy) is 1. The molecule has 2 aromatic rings. The molecule has 0 N–H and O–H groups in total. The van der Waals surface area contributed by atoms with Crippen LogP contribution < -0.4 is 0 Å². The fourth-order valence-electron chi connectivity index (χ4n) is 2.74. The third-order valence-electron chi connectivity index (χ3n) is 4.33. The average molecular weight is 285 g/mol. The molecule has 4 heteroatoms. The van der Waals surface area contributed by atoms with Gasteiger partial charge < -0.3 is 4.74 Å². The van der Waals surface area contributed by atoms with Crippen molar-refractivity contribution in [1.82, 2.24) is 14.8 Å². The average Bonchev–Trinajstić information content (AvgIpc) is 2.80. The van der Waals surface area contributed by atoms with E-state index in [0.717, 1.165) is 24.6 Å². The predicted molar refractivity (Wildman–Crippen MR) is 82.5 cm³/mol. The first-order chi connectivity index (χ1) is 10.3. The Morgan fingerprint density at radius 3 is 2.76 bits per heavy atom. The highest BCUT2D eigenvalue weighted by molar-refractivity contribution is 5.26. The molecule has 1 aliphatic carbocycles. The molecule has 1 fully saturated rings. The Morgan fingerprint density at radius 1 is 1.29 bits per heavy atom. The summed E-state index contributed by atoms with van der Waals surface area (Å²) >= 11 is 0. The van der Waals surface area contributed by atoms with E-state index in [1.165, 1.54) is 30.4 Å². The second kappa shape index (κ2) is 6.39. The van der Waals surface area contributed by atoms with Gasteiger partial charge in [0, 0.05) is 19.4 Å². The molecule has 0 bridgehead atoms. The zero-order chi connectivity index (χ0) is 14.7. The molecule has 3 rings (SSSR count). The summed E-state index contributed by atoms with van der Waals surface area (Å²) in [6, 6.07) is 8.50. The lowest BCUT2D eigenvalue weighted by molar-refractivity contribution is 0.200. The third-order valence-corrected chi connectivity index (χ3v) is 4.33. The van der Waals surface area contributed by atoms with E-state index in [9.17, 15) is 0 Å². The highest BCUT2D eigenvalue weighted by atomic mass is 16.5. The van der Waals surface area contributed by atoms with Gasteiger partial charge in [-0.25, -0.2) is 9.67 Å². The number of nitrogens with zero attached hydrogens (tertiary/aromatic N) is 3. The van der Waals surface area contributed by atoms with Crippen LogP contribution in [0.15, 0.2) is 24.3 Å². The standard InChI is InChI=1S/C17H23N3O/c1-13-6-3-4-7-15(13)12-20-17(14-8-5-9-14)18-16(19-20)10-11-21-2/h3-4,6-7,14H,5,8-12H2,1-2H3. The summed E-state index contributed by atoms with van der Waals surface area (Å²) in [5.74, 6) is 2.67. The largest absolute Gasteiger partial charge is 0.384 e. The first-order valence-electron chi connectivity index (χ1n) is 7.75. The fourth-order valence-corrected chi connectivity index (χ4v) is 2.74. The number of hydrogen-bond donors (Lipinski definition) is 0. The summed E-state index contributed by atoms with van der Waals surface area (Å²) in [5, 5.41) is 4.71. The number of benzene rings is 1. The molecule has 0 atom stereocenters. The zero-order valence-electron chi connectivity index (χ0n) is 12.9.